The molecule has 3 aliphatic rings. The molecule has 6 heterocycles. The van der Waals surface area contributed by atoms with E-state index in [4.69, 9.17) is 8.94 Å². The fourth-order valence-electron chi connectivity index (χ4n) is 4.36. The molecule has 27 heavy (non-hydrogen) atoms. The maximum atomic E-state index is 5.41. The van der Waals surface area contributed by atoms with E-state index in [-0.39, 0.29) is 0 Å². The first-order chi connectivity index (χ1) is 13.3. The Morgan fingerprint density at radius 1 is 1.15 bits per heavy atom. The lowest BCUT2D eigenvalue weighted by Crippen LogP contribution is -2.56. The zero-order chi connectivity index (χ0) is 18.1. The maximum Gasteiger partial charge on any atom is 0.293 e. The molecule has 3 aromatic rings. The molecule has 140 valence electrons. The van der Waals surface area contributed by atoms with Crippen LogP contribution in [0.5, 0.6) is 0 Å². The van der Waals surface area contributed by atoms with Crippen LogP contribution in [0.3, 0.4) is 0 Å². The third-order valence-electron chi connectivity index (χ3n) is 5.74. The second kappa shape index (κ2) is 7.25. The smallest absolute Gasteiger partial charge is 0.293 e. The zero-order valence-electron chi connectivity index (χ0n) is 15.2. The summed E-state index contributed by atoms with van der Waals surface area (Å²) in [4.78, 5) is 13.9. The van der Waals surface area contributed by atoms with Gasteiger partial charge >= 0.3 is 0 Å². The molecular formula is C20H23N5O2. The Morgan fingerprint density at radius 2 is 2.07 bits per heavy atom. The second-order valence-electron chi connectivity index (χ2n) is 7.46. The third kappa shape index (κ3) is 3.52. The van der Waals surface area contributed by atoms with Crippen molar-refractivity contribution in [2.75, 3.05) is 19.6 Å². The van der Waals surface area contributed by atoms with Crippen LogP contribution in [-0.2, 0) is 13.1 Å². The monoisotopic (exact) mass is 365 g/mol. The average Bonchev–Trinajstić information content (AvgIpc) is 3.41. The normalized spacial score (nSPS) is 24.6. The van der Waals surface area contributed by atoms with Crippen molar-refractivity contribution >= 4 is 0 Å². The molecule has 3 fully saturated rings. The van der Waals surface area contributed by atoms with Crippen molar-refractivity contribution in [3.05, 3.63) is 54.3 Å². The van der Waals surface area contributed by atoms with Gasteiger partial charge in [-0.15, -0.1) is 0 Å². The topological polar surface area (TPSA) is 71.4 Å². The SMILES string of the molecule is c1cncc(CN(Cc2noc(-c3ccco3)n2)[C@@H]2CN3CCC2CC3)c1. The maximum absolute atomic E-state index is 5.41. The fourth-order valence-corrected chi connectivity index (χ4v) is 4.36. The van der Waals surface area contributed by atoms with Crippen LogP contribution in [0.4, 0.5) is 0 Å². The van der Waals surface area contributed by atoms with Gasteiger partial charge in [0.05, 0.1) is 12.8 Å². The van der Waals surface area contributed by atoms with Gasteiger partial charge in [-0.2, -0.15) is 4.98 Å². The molecule has 1 atom stereocenters. The highest BCUT2D eigenvalue weighted by atomic mass is 16.5. The molecule has 0 amide bonds. The van der Waals surface area contributed by atoms with E-state index >= 15 is 0 Å². The van der Waals surface area contributed by atoms with Crippen LogP contribution in [0, 0.1) is 5.92 Å². The van der Waals surface area contributed by atoms with E-state index in [1.165, 1.54) is 31.5 Å². The van der Waals surface area contributed by atoms with E-state index < -0.39 is 0 Å². The Bertz CT molecular complexity index is 856. The van der Waals surface area contributed by atoms with Crippen LogP contribution in [-0.4, -0.2) is 50.6 Å². The molecule has 0 aliphatic carbocycles. The summed E-state index contributed by atoms with van der Waals surface area (Å²) in [7, 11) is 0. The van der Waals surface area contributed by atoms with Gasteiger partial charge in [-0.25, -0.2) is 0 Å². The molecule has 0 radical (unpaired) electrons. The van der Waals surface area contributed by atoms with Gasteiger partial charge in [0.15, 0.2) is 11.6 Å². The Labute approximate surface area is 158 Å². The first-order valence-corrected chi connectivity index (χ1v) is 9.57. The standard InChI is InChI=1S/C20H23N5O2/c1-3-15(11-21-7-1)12-25(17-13-24-8-5-16(17)6-9-24)14-19-22-20(27-23-19)18-4-2-10-26-18/h1-4,7,10-11,16-17H,5-6,8-9,12-14H2/t17-/m1/s1. The molecule has 3 aliphatic heterocycles. The predicted molar refractivity (Wildman–Crippen MR) is 98.4 cm³/mol. The summed E-state index contributed by atoms with van der Waals surface area (Å²) in [6.45, 7) is 5.08. The van der Waals surface area contributed by atoms with Crippen LogP contribution in [0.25, 0.3) is 11.7 Å². The highest BCUT2D eigenvalue weighted by molar-refractivity contribution is 5.42. The van der Waals surface area contributed by atoms with E-state index in [0.29, 0.717) is 30.1 Å². The molecule has 0 N–H and O–H groups in total. The van der Waals surface area contributed by atoms with Gasteiger partial charge in [-0.1, -0.05) is 11.2 Å². The lowest BCUT2D eigenvalue weighted by molar-refractivity contribution is -0.00395. The number of hydrogen-bond acceptors (Lipinski definition) is 7. The number of piperidine rings is 3. The van der Waals surface area contributed by atoms with Crippen LogP contribution in [0.1, 0.15) is 24.2 Å². The number of rotatable bonds is 6. The minimum Gasteiger partial charge on any atom is -0.459 e. The lowest BCUT2D eigenvalue weighted by Gasteiger charge is -2.49. The molecule has 6 rings (SSSR count). The second-order valence-corrected chi connectivity index (χ2v) is 7.46. The minimum atomic E-state index is 0.435. The van der Waals surface area contributed by atoms with Crippen molar-refractivity contribution in [1.29, 1.82) is 0 Å². The van der Waals surface area contributed by atoms with Gasteiger partial charge in [0.25, 0.3) is 5.89 Å². The fraction of sp³-hybridized carbons (Fsp3) is 0.450. The van der Waals surface area contributed by atoms with Crippen molar-refractivity contribution < 1.29 is 8.94 Å². The Hall–Kier alpha value is -2.51. The van der Waals surface area contributed by atoms with Gasteiger partial charge in [0, 0.05) is 31.5 Å². The van der Waals surface area contributed by atoms with Crippen molar-refractivity contribution in [2.24, 2.45) is 5.92 Å². The summed E-state index contributed by atoms with van der Waals surface area (Å²) in [5.41, 5.74) is 1.21. The molecule has 0 unspecified atom stereocenters. The number of hydrogen-bond donors (Lipinski definition) is 0. The third-order valence-corrected chi connectivity index (χ3v) is 5.74. The molecular weight excluding hydrogens is 342 g/mol. The highest BCUT2D eigenvalue weighted by Crippen LogP contribution is 2.32. The van der Waals surface area contributed by atoms with E-state index in [1.54, 1.807) is 6.26 Å². The number of furan rings is 1. The quantitative estimate of drug-likeness (QED) is 0.665. The summed E-state index contributed by atoms with van der Waals surface area (Å²) in [6.07, 6.45) is 7.92. The van der Waals surface area contributed by atoms with Crippen LogP contribution in [0.2, 0.25) is 0 Å². The molecule has 3 saturated heterocycles. The average molecular weight is 365 g/mol. The number of aromatic nitrogens is 3. The van der Waals surface area contributed by atoms with Gasteiger partial charge < -0.3 is 13.8 Å². The number of fused-ring (bicyclic) bond motifs is 3. The first kappa shape index (κ1) is 16.6. The molecule has 2 bridgehead atoms. The van der Waals surface area contributed by atoms with E-state index in [0.717, 1.165) is 19.0 Å². The number of nitrogens with zero attached hydrogens (tertiary/aromatic N) is 5. The van der Waals surface area contributed by atoms with Crippen molar-refractivity contribution in [2.45, 2.75) is 32.0 Å². The predicted octanol–water partition coefficient (Wildman–Crippen LogP) is 2.82. The van der Waals surface area contributed by atoms with Crippen molar-refractivity contribution in [1.82, 2.24) is 24.9 Å². The zero-order valence-corrected chi connectivity index (χ0v) is 15.2. The van der Waals surface area contributed by atoms with Crippen LogP contribution >= 0.6 is 0 Å². The summed E-state index contributed by atoms with van der Waals surface area (Å²) in [5.74, 6) is 2.48. The molecule has 0 saturated carbocycles. The van der Waals surface area contributed by atoms with Gasteiger partial charge in [0.2, 0.25) is 0 Å². The number of pyridine rings is 1. The van der Waals surface area contributed by atoms with E-state index in [1.807, 2.05) is 30.6 Å². The van der Waals surface area contributed by atoms with Gasteiger partial charge in [-0.3, -0.25) is 9.88 Å². The van der Waals surface area contributed by atoms with E-state index in [2.05, 4.69) is 31.0 Å². The molecule has 3 aromatic heterocycles. The largest absolute Gasteiger partial charge is 0.459 e. The lowest BCUT2D eigenvalue weighted by atomic mass is 9.83. The molecule has 0 aromatic carbocycles. The molecule has 7 nitrogen and oxygen atoms in total. The van der Waals surface area contributed by atoms with E-state index in [9.17, 15) is 0 Å². The van der Waals surface area contributed by atoms with Gasteiger partial charge in [0.1, 0.15) is 0 Å². The van der Waals surface area contributed by atoms with Crippen molar-refractivity contribution in [3.63, 3.8) is 0 Å². The van der Waals surface area contributed by atoms with Crippen molar-refractivity contribution in [3.8, 4) is 11.7 Å². The minimum absolute atomic E-state index is 0.435. The Kier molecular flexibility index (Phi) is 4.47. The Morgan fingerprint density at radius 3 is 2.78 bits per heavy atom. The van der Waals surface area contributed by atoms with Crippen LogP contribution < -0.4 is 0 Å². The summed E-state index contributed by atoms with van der Waals surface area (Å²) in [6, 6.07) is 8.29. The summed E-state index contributed by atoms with van der Waals surface area (Å²) < 4.78 is 10.8. The first-order valence-electron chi connectivity index (χ1n) is 9.57. The van der Waals surface area contributed by atoms with Gasteiger partial charge in [-0.05, 0) is 55.6 Å². The van der Waals surface area contributed by atoms with Crippen LogP contribution in [0.15, 0.2) is 51.9 Å². The summed E-state index contributed by atoms with van der Waals surface area (Å²) >= 11 is 0. The highest BCUT2D eigenvalue weighted by Gasteiger charge is 2.37. The molecule has 0 spiro atoms. The summed E-state index contributed by atoms with van der Waals surface area (Å²) in [5, 5.41) is 4.19. The Balaban J connectivity index is 1.38. The molecule has 7 heteroatoms.